The van der Waals surface area contributed by atoms with E-state index in [-0.39, 0.29) is 17.7 Å². The van der Waals surface area contributed by atoms with Crippen molar-refractivity contribution in [3.05, 3.63) is 11.6 Å². The molecule has 0 radical (unpaired) electrons. The largest absolute Gasteiger partial charge is 0.466 e. The monoisotopic (exact) mass is 196 g/mol. The summed E-state index contributed by atoms with van der Waals surface area (Å²) in [6.07, 6.45) is 3.86. The highest BCUT2D eigenvalue weighted by molar-refractivity contribution is 6.00. The minimum atomic E-state index is -0.303. The van der Waals surface area contributed by atoms with Gasteiger partial charge in [-0.15, -0.1) is 0 Å². The second-order valence-corrected chi connectivity index (χ2v) is 3.32. The summed E-state index contributed by atoms with van der Waals surface area (Å²) >= 11 is 0. The van der Waals surface area contributed by atoms with Gasteiger partial charge in [-0.1, -0.05) is 13.0 Å². The maximum atomic E-state index is 11.5. The molecule has 14 heavy (non-hydrogen) atoms. The first-order chi connectivity index (χ1) is 6.70. The molecule has 78 valence electrons. The van der Waals surface area contributed by atoms with Crippen molar-refractivity contribution in [2.75, 3.05) is 6.61 Å². The molecule has 0 saturated heterocycles. The van der Waals surface area contributed by atoms with Crippen LogP contribution in [0.5, 0.6) is 0 Å². The van der Waals surface area contributed by atoms with E-state index >= 15 is 0 Å². The lowest BCUT2D eigenvalue weighted by molar-refractivity contribution is -0.147. The quantitative estimate of drug-likeness (QED) is 0.644. The normalized spacial score (nSPS) is 20.4. The first-order valence-corrected chi connectivity index (χ1v) is 5.10. The minimum Gasteiger partial charge on any atom is -0.466 e. The van der Waals surface area contributed by atoms with Crippen LogP contribution in [0.15, 0.2) is 11.6 Å². The van der Waals surface area contributed by atoms with Gasteiger partial charge in [0.2, 0.25) is 0 Å². The van der Waals surface area contributed by atoms with Crippen molar-refractivity contribution in [3.8, 4) is 0 Å². The highest BCUT2D eigenvalue weighted by Crippen LogP contribution is 2.28. The summed E-state index contributed by atoms with van der Waals surface area (Å²) in [4.78, 5) is 22.9. The lowest BCUT2D eigenvalue weighted by atomic mass is 9.97. The Bertz CT molecular complexity index is 266. The molecule has 0 saturated carbocycles. The molecule has 0 amide bonds. The van der Waals surface area contributed by atoms with Gasteiger partial charge in [0.1, 0.15) is 0 Å². The van der Waals surface area contributed by atoms with Gasteiger partial charge in [-0.05, 0) is 19.8 Å². The van der Waals surface area contributed by atoms with E-state index < -0.39 is 0 Å². The van der Waals surface area contributed by atoms with Crippen molar-refractivity contribution in [1.29, 1.82) is 0 Å². The summed E-state index contributed by atoms with van der Waals surface area (Å²) < 4.78 is 4.92. The van der Waals surface area contributed by atoms with Crippen molar-refractivity contribution < 1.29 is 14.3 Å². The molecule has 0 aromatic heterocycles. The summed E-state index contributed by atoms with van der Waals surface area (Å²) in [5.41, 5.74) is 0.658. The molecule has 1 unspecified atom stereocenters. The van der Waals surface area contributed by atoms with Crippen LogP contribution in [0.1, 0.15) is 33.1 Å². The fourth-order valence-corrected chi connectivity index (χ4v) is 1.70. The summed E-state index contributed by atoms with van der Waals surface area (Å²) in [6.45, 7) is 3.96. The number of esters is 1. The zero-order valence-electron chi connectivity index (χ0n) is 8.71. The van der Waals surface area contributed by atoms with E-state index in [0.717, 1.165) is 12.8 Å². The Morgan fingerprint density at radius 2 is 2.21 bits per heavy atom. The predicted octanol–water partition coefficient (Wildman–Crippen LogP) is 1.86. The van der Waals surface area contributed by atoms with Gasteiger partial charge in [0.25, 0.3) is 0 Å². The van der Waals surface area contributed by atoms with Crippen LogP contribution in [0.2, 0.25) is 0 Å². The second kappa shape index (κ2) is 4.94. The Morgan fingerprint density at radius 1 is 1.50 bits per heavy atom. The van der Waals surface area contributed by atoms with Crippen molar-refractivity contribution in [3.63, 3.8) is 0 Å². The molecule has 0 spiro atoms. The topological polar surface area (TPSA) is 43.4 Å². The van der Waals surface area contributed by atoms with Gasteiger partial charge in [0.15, 0.2) is 5.78 Å². The number of allylic oxidation sites excluding steroid dienone is 1. The van der Waals surface area contributed by atoms with E-state index in [1.165, 1.54) is 0 Å². The highest BCUT2D eigenvalue weighted by atomic mass is 16.5. The molecule has 0 aliphatic heterocycles. The number of rotatable bonds is 4. The molecule has 3 nitrogen and oxygen atoms in total. The average molecular weight is 196 g/mol. The van der Waals surface area contributed by atoms with Gasteiger partial charge in [0.05, 0.1) is 12.5 Å². The maximum Gasteiger partial charge on any atom is 0.313 e. The van der Waals surface area contributed by atoms with E-state index in [0.29, 0.717) is 18.6 Å². The number of hydrogen-bond donors (Lipinski definition) is 0. The summed E-state index contributed by atoms with van der Waals surface area (Å²) in [5.74, 6) is -0.485. The number of ether oxygens (including phenoxy) is 1. The van der Waals surface area contributed by atoms with Crippen LogP contribution in [-0.4, -0.2) is 18.4 Å². The second-order valence-electron chi connectivity index (χ2n) is 3.32. The van der Waals surface area contributed by atoms with Gasteiger partial charge in [-0.25, -0.2) is 0 Å². The van der Waals surface area contributed by atoms with Gasteiger partial charge in [-0.2, -0.15) is 0 Å². The molecule has 1 aliphatic rings. The van der Waals surface area contributed by atoms with Gasteiger partial charge < -0.3 is 4.74 Å². The Labute approximate surface area is 84.1 Å². The maximum absolute atomic E-state index is 11.5. The van der Waals surface area contributed by atoms with Crippen LogP contribution in [0.4, 0.5) is 0 Å². The van der Waals surface area contributed by atoms with Gasteiger partial charge in [0, 0.05) is 12.0 Å². The first kappa shape index (κ1) is 11.0. The fourth-order valence-electron chi connectivity index (χ4n) is 1.70. The van der Waals surface area contributed by atoms with Crippen LogP contribution < -0.4 is 0 Å². The summed E-state index contributed by atoms with van der Waals surface area (Å²) in [7, 11) is 0. The Morgan fingerprint density at radius 3 is 2.79 bits per heavy atom. The van der Waals surface area contributed by atoms with Crippen LogP contribution in [0, 0.1) is 5.92 Å². The molecule has 0 heterocycles. The van der Waals surface area contributed by atoms with Crippen LogP contribution in [0.25, 0.3) is 0 Å². The first-order valence-electron chi connectivity index (χ1n) is 5.10. The number of hydrogen-bond acceptors (Lipinski definition) is 3. The molecule has 1 rings (SSSR count). The van der Waals surface area contributed by atoms with Crippen molar-refractivity contribution >= 4 is 11.8 Å². The molecule has 1 aliphatic carbocycles. The number of carbonyl (C=O) groups is 2. The number of ketones is 1. The van der Waals surface area contributed by atoms with E-state index in [4.69, 9.17) is 4.74 Å². The summed E-state index contributed by atoms with van der Waals surface area (Å²) in [5, 5.41) is 0. The van der Waals surface area contributed by atoms with Gasteiger partial charge in [-0.3, -0.25) is 9.59 Å². The molecule has 0 bridgehead atoms. The minimum absolute atomic E-state index is 0.0700. The van der Waals surface area contributed by atoms with E-state index in [1.807, 2.05) is 13.0 Å². The van der Waals surface area contributed by atoms with E-state index in [2.05, 4.69) is 0 Å². The average Bonchev–Trinajstić information content (AvgIpc) is 2.65. The van der Waals surface area contributed by atoms with Gasteiger partial charge >= 0.3 is 5.97 Å². The van der Waals surface area contributed by atoms with Crippen LogP contribution in [0.3, 0.4) is 0 Å². The van der Waals surface area contributed by atoms with Crippen molar-refractivity contribution in [2.45, 2.75) is 33.1 Å². The van der Waals surface area contributed by atoms with Crippen molar-refractivity contribution in [1.82, 2.24) is 0 Å². The molecule has 0 aromatic rings. The Balaban J connectivity index is 2.67. The van der Waals surface area contributed by atoms with E-state index in [9.17, 15) is 9.59 Å². The fraction of sp³-hybridized carbons (Fsp3) is 0.636. The summed E-state index contributed by atoms with van der Waals surface area (Å²) in [6, 6.07) is 0. The molecule has 0 N–H and O–H groups in total. The Kier molecular flexibility index (Phi) is 3.86. The van der Waals surface area contributed by atoms with E-state index in [1.54, 1.807) is 6.92 Å². The third kappa shape index (κ3) is 2.22. The third-order valence-corrected chi connectivity index (χ3v) is 2.41. The predicted molar refractivity (Wildman–Crippen MR) is 52.7 cm³/mol. The Hall–Kier alpha value is -1.12. The smallest absolute Gasteiger partial charge is 0.313 e. The number of Topliss-reactive ketones (excluding diaryl/α,β-unsaturated/α-hetero) is 1. The lowest BCUT2D eigenvalue weighted by Crippen LogP contribution is -2.21. The molecule has 3 heteroatoms. The number of carbonyl (C=O) groups excluding carboxylic acids is 2. The molecule has 0 aromatic carbocycles. The molecule has 1 atom stereocenters. The SMILES string of the molecule is CCOC(=O)C1CCC=C1C(=O)CC. The zero-order chi connectivity index (χ0) is 10.6. The van der Waals surface area contributed by atoms with Crippen LogP contribution in [-0.2, 0) is 14.3 Å². The standard InChI is InChI=1S/C11H16O3/c1-3-10(12)8-6-5-7-9(8)11(13)14-4-2/h6,9H,3-5,7H2,1-2H3. The molecular weight excluding hydrogens is 180 g/mol. The third-order valence-electron chi connectivity index (χ3n) is 2.41. The van der Waals surface area contributed by atoms with Crippen LogP contribution >= 0.6 is 0 Å². The highest BCUT2D eigenvalue weighted by Gasteiger charge is 2.30. The molecular formula is C11H16O3. The molecule has 0 fully saturated rings. The van der Waals surface area contributed by atoms with Crippen molar-refractivity contribution in [2.24, 2.45) is 5.92 Å². The zero-order valence-corrected chi connectivity index (χ0v) is 8.71. The lowest BCUT2D eigenvalue weighted by Gasteiger charge is -2.11.